The van der Waals surface area contributed by atoms with E-state index < -0.39 is 0 Å². The maximum Gasteiger partial charge on any atom is 0.254 e. The van der Waals surface area contributed by atoms with Gasteiger partial charge in [-0.05, 0) is 54.3 Å². The minimum absolute atomic E-state index is 0.173. The van der Waals surface area contributed by atoms with Crippen molar-refractivity contribution < 1.29 is 4.79 Å². The number of nitrogens with zero attached hydrogens (tertiary/aromatic N) is 5. The third kappa shape index (κ3) is 5.68. The lowest BCUT2D eigenvalue weighted by Crippen LogP contribution is -2.46. The number of carbonyl (C=O) groups is 1. The Labute approximate surface area is 224 Å². The lowest BCUT2D eigenvalue weighted by atomic mass is 9.65. The molecule has 5 rings (SSSR count). The van der Waals surface area contributed by atoms with Crippen LogP contribution in [0.2, 0.25) is 5.15 Å². The van der Waals surface area contributed by atoms with Gasteiger partial charge in [0.1, 0.15) is 11.0 Å². The molecule has 0 N–H and O–H groups in total. The lowest BCUT2D eigenvalue weighted by molar-refractivity contribution is 0.0708. The number of benzene rings is 1. The number of halogens is 1. The fourth-order valence-electron chi connectivity index (χ4n) is 6.66. The van der Waals surface area contributed by atoms with E-state index in [0.29, 0.717) is 21.8 Å². The minimum atomic E-state index is 0.173. The molecule has 2 bridgehead atoms. The average molecular weight is 528 g/mol. The van der Waals surface area contributed by atoms with Gasteiger partial charge >= 0.3 is 0 Å². The summed E-state index contributed by atoms with van der Waals surface area (Å²) in [5.74, 6) is 1.81. The summed E-state index contributed by atoms with van der Waals surface area (Å²) in [7, 11) is 0. The van der Waals surface area contributed by atoms with Crippen LogP contribution in [-0.2, 0) is 5.75 Å². The van der Waals surface area contributed by atoms with E-state index in [1.54, 1.807) is 11.8 Å². The van der Waals surface area contributed by atoms with E-state index >= 15 is 0 Å². The van der Waals surface area contributed by atoms with Crippen molar-refractivity contribution in [2.24, 2.45) is 10.8 Å². The number of anilines is 1. The van der Waals surface area contributed by atoms with Gasteiger partial charge in [-0.15, -0.1) is 0 Å². The quantitative estimate of drug-likeness (QED) is 0.277. The number of aromatic nitrogens is 2. The molecule has 36 heavy (non-hydrogen) atoms. The first kappa shape index (κ1) is 25.8. The highest BCUT2D eigenvalue weighted by Crippen LogP contribution is 2.52. The van der Waals surface area contributed by atoms with Crippen molar-refractivity contribution >= 4 is 35.1 Å². The monoisotopic (exact) mass is 527 g/mol. The summed E-state index contributed by atoms with van der Waals surface area (Å²) in [4.78, 5) is 29.5. The highest BCUT2D eigenvalue weighted by atomic mass is 35.5. The van der Waals surface area contributed by atoms with Gasteiger partial charge in [0.15, 0.2) is 5.16 Å². The SMILES string of the molecule is CCN1CCN(c2cc(Cl)nc(SCc3ccc(C(=O)N4CC5(C)CC4CC(C)(C)C5)cc3)n2)CC1. The molecule has 1 aromatic carbocycles. The van der Waals surface area contributed by atoms with Gasteiger partial charge in [-0.25, -0.2) is 9.97 Å². The lowest BCUT2D eigenvalue weighted by Gasteiger charge is -2.39. The summed E-state index contributed by atoms with van der Waals surface area (Å²) in [6.45, 7) is 15.2. The number of carbonyl (C=O) groups excluding carboxylic acids is 1. The second-order valence-electron chi connectivity index (χ2n) is 11.9. The van der Waals surface area contributed by atoms with Crippen LogP contribution in [-0.4, -0.2) is 71.0 Å². The van der Waals surface area contributed by atoms with Gasteiger partial charge in [-0.1, -0.05) is 63.2 Å². The number of hydrogen-bond acceptors (Lipinski definition) is 6. The average Bonchev–Trinajstić information content (AvgIpc) is 3.10. The number of rotatable bonds is 6. The Morgan fingerprint density at radius 2 is 1.81 bits per heavy atom. The zero-order chi connectivity index (χ0) is 25.5. The summed E-state index contributed by atoms with van der Waals surface area (Å²) in [5, 5.41) is 1.17. The van der Waals surface area contributed by atoms with Crippen molar-refractivity contribution in [2.75, 3.05) is 44.2 Å². The fraction of sp³-hybridized carbons (Fsp3) is 0.607. The molecule has 3 fully saturated rings. The summed E-state index contributed by atoms with van der Waals surface area (Å²) in [5.41, 5.74) is 2.48. The number of likely N-dealkylation sites (tertiary alicyclic amines) is 1. The molecule has 2 unspecified atom stereocenters. The summed E-state index contributed by atoms with van der Waals surface area (Å²) < 4.78 is 0. The van der Waals surface area contributed by atoms with Crippen molar-refractivity contribution in [2.45, 2.75) is 63.9 Å². The van der Waals surface area contributed by atoms with Crippen LogP contribution in [0.4, 0.5) is 5.82 Å². The number of fused-ring (bicyclic) bond motifs is 2. The molecule has 3 aliphatic rings. The molecular formula is C28H38ClN5OS. The Kier molecular flexibility index (Phi) is 7.27. The zero-order valence-electron chi connectivity index (χ0n) is 22.0. The van der Waals surface area contributed by atoms with Crippen molar-refractivity contribution in [3.8, 4) is 0 Å². The van der Waals surface area contributed by atoms with E-state index in [1.807, 2.05) is 18.2 Å². The first-order valence-corrected chi connectivity index (χ1v) is 14.5. The van der Waals surface area contributed by atoms with Gasteiger partial charge in [0.25, 0.3) is 5.91 Å². The normalized spacial score (nSPS) is 25.9. The molecule has 6 nitrogen and oxygen atoms in total. The van der Waals surface area contributed by atoms with Crippen LogP contribution in [0.15, 0.2) is 35.5 Å². The molecule has 1 saturated carbocycles. The standard InChI is InChI=1S/C28H38ClN5OS/c1-5-32-10-12-33(13-11-32)24-14-23(29)30-26(31-24)36-17-20-6-8-21(9-7-20)25(35)34-19-28(4)16-22(34)15-27(2,3)18-28/h6-9,14,22H,5,10-13,15-19H2,1-4H3. The number of piperazine rings is 1. The topological polar surface area (TPSA) is 52.6 Å². The van der Waals surface area contributed by atoms with Crippen LogP contribution < -0.4 is 4.90 Å². The smallest absolute Gasteiger partial charge is 0.254 e. The summed E-state index contributed by atoms with van der Waals surface area (Å²) in [6, 6.07) is 10.3. The van der Waals surface area contributed by atoms with Gasteiger partial charge in [0, 0.05) is 56.1 Å². The van der Waals surface area contributed by atoms with E-state index in [4.69, 9.17) is 16.6 Å². The molecule has 1 amide bonds. The zero-order valence-corrected chi connectivity index (χ0v) is 23.5. The first-order valence-electron chi connectivity index (χ1n) is 13.2. The minimum Gasteiger partial charge on any atom is -0.354 e. The van der Waals surface area contributed by atoms with Crippen molar-refractivity contribution in [3.63, 3.8) is 0 Å². The molecule has 3 heterocycles. The van der Waals surface area contributed by atoms with Crippen LogP contribution in [0.25, 0.3) is 0 Å². The Morgan fingerprint density at radius 1 is 1.08 bits per heavy atom. The maximum atomic E-state index is 13.4. The van der Waals surface area contributed by atoms with Gasteiger partial charge in [0.2, 0.25) is 0 Å². The number of hydrogen-bond donors (Lipinski definition) is 0. The van der Waals surface area contributed by atoms with Gasteiger partial charge < -0.3 is 14.7 Å². The van der Waals surface area contributed by atoms with E-state index in [2.05, 4.69) is 59.5 Å². The molecule has 2 aliphatic heterocycles. The molecule has 1 aliphatic carbocycles. The van der Waals surface area contributed by atoms with Gasteiger partial charge in [-0.3, -0.25) is 4.79 Å². The van der Waals surface area contributed by atoms with Gasteiger partial charge in [-0.2, -0.15) is 0 Å². The number of amides is 1. The predicted molar refractivity (Wildman–Crippen MR) is 148 cm³/mol. The molecule has 1 aromatic heterocycles. The molecule has 8 heteroatoms. The second-order valence-corrected chi connectivity index (χ2v) is 13.2. The van der Waals surface area contributed by atoms with Crippen molar-refractivity contribution in [1.82, 2.24) is 19.8 Å². The number of likely N-dealkylation sites (N-methyl/N-ethyl adjacent to an activating group) is 1. The largest absolute Gasteiger partial charge is 0.354 e. The van der Waals surface area contributed by atoms with Crippen molar-refractivity contribution in [1.29, 1.82) is 0 Å². The molecule has 2 atom stereocenters. The highest BCUT2D eigenvalue weighted by Gasteiger charge is 2.51. The van der Waals surface area contributed by atoms with E-state index in [0.717, 1.165) is 74.8 Å². The Hall–Kier alpha value is -1.83. The molecule has 194 valence electrons. The third-order valence-corrected chi connectivity index (χ3v) is 9.16. The Bertz CT molecular complexity index is 1100. The third-order valence-electron chi connectivity index (χ3n) is 8.05. The molecule has 2 saturated heterocycles. The summed E-state index contributed by atoms with van der Waals surface area (Å²) in [6.07, 6.45) is 3.42. The Morgan fingerprint density at radius 3 is 2.50 bits per heavy atom. The van der Waals surface area contributed by atoms with E-state index in [9.17, 15) is 4.79 Å². The highest BCUT2D eigenvalue weighted by molar-refractivity contribution is 7.98. The molecule has 0 radical (unpaired) electrons. The summed E-state index contributed by atoms with van der Waals surface area (Å²) >= 11 is 7.93. The maximum absolute atomic E-state index is 13.4. The van der Waals surface area contributed by atoms with E-state index in [1.165, 1.54) is 6.42 Å². The van der Waals surface area contributed by atoms with Crippen LogP contribution in [0.5, 0.6) is 0 Å². The van der Waals surface area contributed by atoms with Crippen LogP contribution >= 0.6 is 23.4 Å². The number of thioether (sulfide) groups is 1. The van der Waals surface area contributed by atoms with E-state index in [-0.39, 0.29) is 11.3 Å². The first-order chi connectivity index (χ1) is 17.1. The van der Waals surface area contributed by atoms with Gasteiger partial charge in [0.05, 0.1) is 0 Å². The second kappa shape index (κ2) is 10.1. The van der Waals surface area contributed by atoms with Crippen LogP contribution in [0.1, 0.15) is 62.9 Å². The molecule has 2 aromatic rings. The van der Waals surface area contributed by atoms with Crippen LogP contribution in [0.3, 0.4) is 0 Å². The molecule has 0 spiro atoms. The van der Waals surface area contributed by atoms with Crippen molar-refractivity contribution in [3.05, 3.63) is 46.6 Å². The predicted octanol–water partition coefficient (Wildman–Crippen LogP) is 5.61. The molecular weight excluding hydrogens is 490 g/mol. The Balaban J connectivity index is 1.20. The fourth-order valence-corrected chi connectivity index (χ4v) is 7.70. The van der Waals surface area contributed by atoms with Crippen LogP contribution in [0, 0.1) is 10.8 Å².